The Balaban J connectivity index is 2.35. The van der Waals surface area contributed by atoms with Crippen LogP contribution in [-0.4, -0.2) is 26.6 Å². The van der Waals surface area contributed by atoms with E-state index in [1.165, 1.54) is 0 Å². The van der Waals surface area contributed by atoms with Gasteiger partial charge in [-0.3, -0.25) is 9.20 Å². The molecule has 2 rings (SSSR count). The highest BCUT2D eigenvalue weighted by molar-refractivity contribution is 7.87. The van der Waals surface area contributed by atoms with Crippen LogP contribution in [0.15, 0.2) is 4.99 Å². The summed E-state index contributed by atoms with van der Waals surface area (Å²) in [7, 11) is -0.827. The molecule has 1 aliphatic carbocycles. The van der Waals surface area contributed by atoms with Crippen LogP contribution < -0.4 is 5.73 Å². The Morgan fingerprint density at radius 3 is 2.69 bits per heavy atom. The van der Waals surface area contributed by atoms with Crippen LogP contribution in [0.25, 0.3) is 0 Å². The van der Waals surface area contributed by atoms with E-state index in [-0.39, 0.29) is 10.8 Å². The number of hydrogen-bond acceptors (Lipinski definition) is 3. The molecule has 0 aromatic carbocycles. The second kappa shape index (κ2) is 2.80. The highest BCUT2D eigenvalue weighted by atomic mass is 32.2. The monoisotopic (exact) mass is 200 g/mol. The first-order valence-corrected chi connectivity index (χ1v) is 6.09. The molecule has 0 spiro atoms. The predicted octanol–water partition coefficient (Wildman–Crippen LogP) is 0.663. The fourth-order valence-electron chi connectivity index (χ4n) is 1.94. The predicted molar refractivity (Wildman–Crippen MR) is 55.2 cm³/mol. The molecule has 13 heavy (non-hydrogen) atoms. The van der Waals surface area contributed by atoms with Crippen molar-refractivity contribution in [2.24, 2.45) is 16.6 Å². The van der Waals surface area contributed by atoms with E-state index >= 15 is 0 Å². The van der Waals surface area contributed by atoms with Gasteiger partial charge in [-0.25, -0.2) is 0 Å². The maximum atomic E-state index is 12.0. The largest absolute Gasteiger partial charge is 0.386 e. The molecule has 1 saturated carbocycles. The van der Waals surface area contributed by atoms with Gasteiger partial charge in [0.05, 0.1) is 6.04 Å². The summed E-state index contributed by atoms with van der Waals surface area (Å²) in [5.41, 5.74) is 5.89. The van der Waals surface area contributed by atoms with Crippen molar-refractivity contribution in [2.45, 2.75) is 37.5 Å². The zero-order valence-corrected chi connectivity index (χ0v) is 8.93. The van der Waals surface area contributed by atoms with Crippen molar-refractivity contribution < 1.29 is 4.21 Å². The maximum absolute atomic E-state index is 12.0. The average Bonchev–Trinajstić information content (AvgIpc) is 2.81. The third kappa shape index (κ3) is 1.31. The molecule has 1 aliphatic heterocycles. The Kier molecular flexibility index (Phi) is 1.98. The molecule has 74 valence electrons. The molecular formula is C9H16N2OS. The number of hydrogen-bond donors (Lipinski definition) is 1. The van der Waals surface area contributed by atoms with Crippen molar-refractivity contribution in [1.29, 1.82) is 0 Å². The lowest BCUT2D eigenvalue weighted by Gasteiger charge is -2.33. The zero-order chi connectivity index (χ0) is 9.64. The molecule has 1 fully saturated rings. The van der Waals surface area contributed by atoms with Gasteiger partial charge < -0.3 is 5.73 Å². The number of amidine groups is 1. The van der Waals surface area contributed by atoms with E-state index in [9.17, 15) is 4.21 Å². The summed E-state index contributed by atoms with van der Waals surface area (Å²) in [5, 5.41) is 0. The molecule has 3 nitrogen and oxygen atoms in total. The number of nitrogens with two attached hydrogens (primary N) is 1. The van der Waals surface area contributed by atoms with Crippen molar-refractivity contribution in [1.82, 2.24) is 0 Å². The number of rotatable bonds is 1. The van der Waals surface area contributed by atoms with Gasteiger partial charge >= 0.3 is 0 Å². The number of aliphatic imine (C=N–C) groups is 1. The fraction of sp³-hybridized carbons (Fsp3) is 0.889. The Hall–Kier alpha value is -0.380. The van der Waals surface area contributed by atoms with Crippen LogP contribution in [0.1, 0.15) is 26.7 Å². The van der Waals surface area contributed by atoms with Gasteiger partial charge in [0.1, 0.15) is 10.6 Å². The van der Waals surface area contributed by atoms with Crippen LogP contribution in [-0.2, 0) is 10.8 Å². The van der Waals surface area contributed by atoms with Gasteiger partial charge in [-0.15, -0.1) is 0 Å². The standard InChI is InChI=1S/C9H16N2OS/c1-6-5-13(12)9(2,7-3-4-7)8(10)11-6/h6-7H,3-5H2,1-2H3,(H2,10,11). The SMILES string of the molecule is CC1CS(=O)C(C)(C2CC2)C(N)=N1. The molecular weight excluding hydrogens is 184 g/mol. The van der Waals surface area contributed by atoms with E-state index in [2.05, 4.69) is 4.99 Å². The third-order valence-electron chi connectivity index (χ3n) is 3.09. The molecule has 3 unspecified atom stereocenters. The van der Waals surface area contributed by atoms with Crippen LogP contribution in [0.2, 0.25) is 0 Å². The third-order valence-corrected chi connectivity index (χ3v) is 5.36. The van der Waals surface area contributed by atoms with Crippen LogP contribution in [0.3, 0.4) is 0 Å². The van der Waals surface area contributed by atoms with Gasteiger partial charge in [0, 0.05) is 16.6 Å². The summed E-state index contributed by atoms with van der Waals surface area (Å²) < 4.78 is 11.7. The molecule has 2 N–H and O–H groups in total. The summed E-state index contributed by atoms with van der Waals surface area (Å²) in [6.45, 7) is 3.97. The van der Waals surface area contributed by atoms with Gasteiger partial charge in [0.2, 0.25) is 0 Å². The lowest BCUT2D eigenvalue weighted by Crippen LogP contribution is -2.52. The van der Waals surface area contributed by atoms with E-state index in [4.69, 9.17) is 5.73 Å². The van der Waals surface area contributed by atoms with E-state index in [1.807, 2.05) is 13.8 Å². The van der Waals surface area contributed by atoms with Crippen LogP contribution >= 0.6 is 0 Å². The number of nitrogens with zero attached hydrogens (tertiary/aromatic N) is 1. The second-order valence-corrected chi connectivity index (χ2v) is 6.13. The van der Waals surface area contributed by atoms with Crippen molar-refractivity contribution in [2.75, 3.05) is 5.75 Å². The first kappa shape index (κ1) is 9.19. The summed E-state index contributed by atoms with van der Waals surface area (Å²) in [5.74, 6) is 1.81. The van der Waals surface area contributed by atoms with Gasteiger partial charge in [-0.05, 0) is 32.6 Å². The lowest BCUT2D eigenvalue weighted by molar-refractivity contribution is 0.609. The smallest absolute Gasteiger partial charge is 0.113 e. The van der Waals surface area contributed by atoms with Crippen molar-refractivity contribution in [3.63, 3.8) is 0 Å². The molecule has 0 radical (unpaired) electrons. The Bertz CT molecular complexity index is 285. The second-order valence-electron chi connectivity index (χ2n) is 4.26. The fourth-order valence-corrected chi connectivity index (χ4v) is 3.69. The van der Waals surface area contributed by atoms with E-state index < -0.39 is 10.8 Å². The molecule has 3 atom stereocenters. The average molecular weight is 200 g/mol. The minimum absolute atomic E-state index is 0.132. The van der Waals surface area contributed by atoms with Crippen LogP contribution in [0, 0.1) is 5.92 Å². The molecule has 0 bridgehead atoms. The molecule has 4 heteroatoms. The highest BCUT2D eigenvalue weighted by Crippen LogP contribution is 2.44. The molecule has 0 aromatic rings. The maximum Gasteiger partial charge on any atom is 0.113 e. The normalized spacial score (nSPS) is 45.8. The molecule has 0 saturated heterocycles. The van der Waals surface area contributed by atoms with Crippen molar-refractivity contribution in [3.8, 4) is 0 Å². The van der Waals surface area contributed by atoms with E-state index in [1.54, 1.807) is 0 Å². The van der Waals surface area contributed by atoms with Gasteiger partial charge in [-0.1, -0.05) is 0 Å². The van der Waals surface area contributed by atoms with E-state index in [0.29, 0.717) is 17.5 Å². The van der Waals surface area contributed by atoms with Crippen molar-refractivity contribution in [3.05, 3.63) is 0 Å². The Morgan fingerprint density at radius 2 is 2.23 bits per heavy atom. The highest BCUT2D eigenvalue weighted by Gasteiger charge is 2.50. The quantitative estimate of drug-likeness (QED) is 0.676. The molecule has 0 amide bonds. The van der Waals surface area contributed by atoms with Gasteiger partial charge in [0.25, 0.3) is 0 Å². The lowest BCUT2D eigenvalue weighted by atomic mass is 10.0. The minimum atomic E-state index is -0.827. The Labute approximate surface area is 81.3 Å². The summed E-state index contributed by atoms with van der Waals surface area (Å²) in [4.78, 5) is 4.35. The van der Waals surface area contributed by atoms with Gasteiger partial charge in [-0.2, -0.15) is 0 Å². The molecule has 0 aromatic heterocycles. The molecule has 1 heterocycles. The Morgan fingerprint density at radius 1 is 1.62 bits per heavy atom. The molecule has 2 aliphatic rings. The summed E-state index contributed by atoms with van der Waals surface area (Å²) >= 11 is 0. The van der Waals surface area contributed by atoms with Crippen LogP contribution in [0.5, 0.6) is 0 Å². The first-order chi connectivity index (χ1) is 6.05. The zero-order valence-electron chi connectivity index (χ0n) is 8.12. The summed E-state index contributed by atoms with van der Waals surface area (Å²) in [6.07, 6.45) is 2.32. The minimum Gasteiger partial charge on any atom is -0.386 e. The van der Waals surface area contributed by atoms with Gasteiger partial charge in [0.15, 0.2) is 0 Å². The van der Waals surface area contributed by atoms with Crippen LogP contribution in [0.4, 0.5) is 0 Å². The van der Waals surface area contributed by atoms with Crippen molar-refractivity contribution >= 4 is 16.6 Å². The van der Waals surface area contributed by atoms with E-state index in [0.717, 1.165) is 12.8 Å². The topological polar surface area (TPSA) is 55.5 Å². The first-order valence-electron chi connectivity index (χ1n) is 4.77. The summed E-state index contributed by atoms with van der Waals surface area (Å²) in [6, 6.07) is 0.132.